The Labute approximate surface area is 119 Å². The zero-order chi connectivity index (χ0) is 14.3. The molecule has 0 bridgehead atoms. The third-order valence-electron chi connectivity index (χ3n) is 4.19. The van der Waals surface area contributed by atoms with Crippen molar-refractivity contribution in [2.75, 3.05) is 7.11 Å². The Balaban J connectivity index is 1.79. The molecule has 0 unspecified atom stereocenters. The normalized spacial score (nSPS) is 22.0. The molecule has 3 rings (SSSR count). The molecule has 1 fully saturated rings. The van der Waals surface area contributed by atoms with Gasteiger partial charge >= 0.3 is 0 Å². The minimum absolute atomic E-state index is 0.352. The van der Waals surface area contributed by atoms with Gasteiger partial charge in [-0.25, -0.2) is 0 Å². The van der Waals surface area contributed by atoms with Crippen LogP contribution in [-0.4, -0.2) is 17.3 Å². The number of methoxy groups -OCH3 is 1. The number of nitrogens with zero attached hydrogens (tertiary/aromatic N) is 2. The summed E-state index contributed by atoms with van der Waals surface area (Å²) >= 11 is 0. The van der Waals surface area contributed by atoms with Crippen LogP contribution in [-0.2, 0) is 10.3 Å². The van der Waals surface area contributed by atoms with Gasteiger partial charge in [0, 0.05) is 13.0 Å². The number of hydrogen-bond acceptors (Lipinski definition) is 4. The van der Waals surface area contributed by atoms with Crippen molar-refractivity contribution in [2.24, 2.45) is 0 Å². The topological polar surface area (TPSA) is 48.2 Å². The van der Waals surface area contributed by atoms with E-state index in [0.717, 1.165) is 12.3 Å². The molecule has 1 aromatic heterocycles. The van der Waals surface area contributed by atoms with Crippen molar-refractivity contribution in [2.45, 2.75) is 44.6 Å². The van der Waals surface area contributed by atoms with Crippen molar-refractivity contribution in [1.29, 1.82) is 0 Å². The smallest absolute Gasteiger partial charge is 0.230 e. The average Bonchev–Trinajstić information content (AvgIpc) is 3.06. The van der Waals surface area contributed by atoms with E-state index in [-0.39, 0.29) is 0 Å². The van der Waals surface area contributed by atoms with Gasteiger partial charge in [0.25, 0.3) is 0 Å². The Kier molecular flexibility index (Phi) is 3.13. The molecule has 2 aromatic rings. The number of rotatable bonds is 4. The first-order valence-corrected chi connectivity index (χ1v) is 6.97. The Hall–Kier alpha value is -1.68. The molecule has 0 saturated heterocycles. The van der Waals surface area contributed by atoms with E-state index in [2.05, 4.69) is 41.3 Å². The van der Waals surface area contributed by atoms with Crippen LogP contribution in [0.25, 0.3) is 0 Å². The zero-order valence-corrected chi connectivity index (χ0v) is 12.4. The van der Waals surface area contributed by atoms with Crippen LogP contribution >= 0.6 is 0 Å². The van der Waals surface area contributed by atoms with Gasteiger partial charge in [-0.15, -0.1) is 0 Å². The maximum atomic E-state index is 5.43. The molecule has 0 amide bonds. The number of benzene rings is 1. The van der Waals surface area contributed by atoms with Gasteiger partial charge in [0.1, 0.15) is 5.60 Å². The molecule has 2 atom stereocenters. The minimum atomic E-state index is -0.505. The minimum Gasteiger partial charge on any atom is -0.371 e. The maximum Gasteiger partial charge on any atom is 0.230 e. The molecule has 1 saturated carbocycles. The van der Waals surface area contributed by atoms with Crippen molar-refractivity contribution < 1.29 is 9.26 Å². The first-order chi connectivity index (χ1) is 9.53. The standard InChI is InChI=1S/C16H20N2O2/c1-10-7-5-6-8-11(10)12-9-13(12)14-17-15(18-20-14)16(2,3)19-4/h5-8,12-13H,9H2,1-4H3/t12-,13-/m0/s1. The van der Waals surface area contributed by atoms with Crippen LogP contribution in [0.3, 0.4) is 0 Å². The van der Waals surface area contributed by atoms with E-state index in [9.17, 15) is 0 Å². The predicted octanol–water partition coefficient (Wildman–Crippen LogP) is 3.53. The molecule has 0 aliphatic heterocycles. The molecule has 0 N–H and O–H groups in total. The highest BCUT2D eigenvalue weighted by Crippen LogP contribution is 2.54. The quantitative estimate of drug-likeness (QED) is 0.854. The fourth-order valence-corrected chi connectivity index (χ4v) is 2.54. The summed E-state index contributed by atoms with van der Waals surface area (Å²) in [5, 5.41) is 4.06. The highest BCUT2D eigenvalue weighted by Gasteiger charge is 2.45. The first kappa shape index (κ1) is 13.3. The summed E-state index contributed by atoms with van der Waals surface area (Å²) in [6.45, 7) is 6.03. The first-order valence-electron chi connectivity index (χ1n) is 6.97. The summed E-state index contributed by atoms with van der Waals surface area (Å²) in [6, 6.07) is 8.50. The van der Waals surface area contributed by atoms with Crippen molar-refractivity contribution in [1.82, 2.24) is 10.1 Å². The second-order valence-corrected chi connectivity index (χ2v) is 5.98. The summed E-state index contributed by atoms with van der Waals surface area (Å²) in [4.78, 5) is 4.52. The van der Waals surface area contributed by atoms with E-state index in [1.165, 1.54) is 11.1 Å². The van der Waals surface area contributed by atoms with Gasteiger partial charge in [0.2, 0.25) is 11.7 Å². The predicted molar refractivity (Wildman–Crippen MR) is 75.6 cm³/mol. The van der Waals surface area contributed by atoms with Gasteiger partial charge in [-0.3, -0.25) is 0 Å². The van der Waals surface area contributed by atoms with Crippen molar-refractivity contribution in [3.8, 4) is 0 Å². The lowest BCUT2D eigenvalue weighted by Crippen LogP contribution is -2.21. The van der Waals surface area contributed by atoms with Gasteiger partial charge in [-0.1, -0.05) is 29.4 Å². The lowest BCUT2D eigenvalue weighted by molar-refractivity contribution is 0.00973. The fraction of sp³-hybridized carbons (Fsp3) is 0.500. The Morgan fingerprint density at radius 2 is 2.00 bits per heavy atom. The van der Waals surface area contributed by atoms with Crippen LogP contribution < -0.4 is 0 Å². The largest absolute Gasteiger partial charge is 0.371 e. The Morgan fingerprint density at radius 3 is 2.70 bits per heavy atom. The Bertz CT molecular complexity index is 618. The van der Waals surface area contributed by atoms with Crippen LogP contribution in [0.2, 0.25) is 0 Å². The van der Waals surface area contributed by atoms with E-state index >= 15 is 0 Å². The molecule has 0 spiro atoms. The number of hydrogen-bond donors (Lipinski definition) is 0. The summed E-state index contributed by atoms with van der Waals surface area (Å²) in [5.74, 6) is 2.21. The average molecular weight is 272 g/mol. The maximum absolute atomic E-state index is 5.43. The summed E-state index contributed by atoms with van der Waals surface area (Å²) in [5.41, 5.74) is 2.22. The van der Waals surface area contributed by atoms with Crippen LogP contribution in [0.5, 0.6) is 0 Å². The molecule has 1 aliphatic rings. The van der Waals surface area contributed by atoms with Gasteiger partial charge < -0.3 is 9.26 Å². The third kappa shape index (κ3) is 2.24. The van der Waals surface area contributed by atoms with E-state index in [4.69, 9.17) is 9.26 Å². The zero-order valence-electron chi connectivity index (χ0n) is 12.4. The highest BCUT2D eigenvalue weighted by atomic mass is 16.5. The SMILES string of the molecule is COC(C)(C)c1noc([C@H]2C[C@H]2c2ccccc2C)n1. The monoisotopic (exact) mass is 272 g/mol. The number of aryl methyl sites for hydroxylation is 1. The molecule has 106 valence electrons. The molecule has 1 aliphatic carbocycles. The Morgan fingerprint density at radius 1 is 1.25 bits per heavy atom. The highest BCUT2D eigenvalue weighted by molar-refractivity contribution is 5.36. The molecular weight excluding hydrogens is 252 g/mol. The van der Waals surface area contributed by atoms with Gasteiger partial charge in [-0.05, 0) is 44.2 Å². The van der Waals surface area contributed by atoms with E-state index in [1.54, 1.807) is 7.11 Å². The second-order valence-electron chi connectivity index (χ2n) is 5.98. The number of aromatic nitrogens is 2. The van der Waals surface area contributed by atoms with Gasteiger partial charge in [0.05, 0.1) is 0 Å². The van der Waals surface area contributed by atoms with E-state index < -0.39 is 5.60 Å². The summed E-state index contributed by atoms with van der Waals surface area (Å²) in [6.07, 6.45) is 1.08. The second kappa shape index (κ2) is 4.70. The fourth-order valence-electron chi connectivity index (χ4n) is 2.54. The molecule has 4 nitrogen and oxygen atoms in total. The number of ether oxygens (including phenoxy) is 1. The van der Waals surface area contributed by atoms with Gasteiger partial charge in [0.15, 0.2) is 0 Å². The molecule has 20 heavy (non-hydrogen) atoms. The van der Waals surface area contributed by atoms with Crippen LogP contribution in [0, 0.1) is 6.92 Å². The van der Waals surface area contributed by atoms with Crippen molar-refractivity contribution in [3.63, 3.8) is 0 Å². The lowest BCUT2D eigenvalue weighted by atomic mass is 10.0. The molecule has 4 heteroatoms. The van der Waals surface area contributed by atoms with E-state index in [0.29, 0.717) is 17.7 Å². The van der Waals surface area contributed by atoms with Crippen LogP contribution in [0.4, 0.5) is 0 Å². The van der Waals surface area contributed by atoms with Crippen molar-refractivity contribution in [3.05, 3.63) is 47.1 Å². The summed E-state index contributed by atoms with van der Waals surface area (Å²) < 4.78 is 10.8. The molecule has 0 radical (unpaired) electrons. The van der Waals surface area contributed by atoms with Crippen LogP contribution in [0.15, 0.2) is 28.8 Å². The summed E-state index contributed by atoms with van der Waals surface area (Å²) in [7, 11) is 1.66. The van der Waals surface area contributed by atoms with Crippen molar-refractivity contribution >= 4 is 0 Å². The molecule has 1 aromatic carbocycles. The van der Waals surface area contributed by atoms with Crippen LogP contribution in [0.1, 0.15) is 54.9 Å². The molecule has 1 heterocycles. The third-order valence-corrected chi connectivity index (χ3v) is 4.19. The van der Waals surface area contributed by atoms with E-state index in [1.807, 2.05) is 13.8 Å². The van der Waals surface area contributed by atoms with Gasteiger partial charge in [-0.2, -0.15) is 4.98 Å². The molecular formula is C16H20N2O2. The lowest BCUT2D eigenvalue weighted by Gasteiger charge is -2.17.